The first kappa shape index (κ1) is 15.9. The number of rotatable bonds is 8. The Labute approximate surface area is 115 Å². The molecule has 0 fully saturated rings. The Bertz CT molecular complexity index is 471. The molecule has 0 spiro atoms. The Hall–Kier alpha value is -1.11. The smallest absolute Gasteiger partial charge is 0.240 e. The van der Waals surface area contributed by atoms with Crippen LogP contribution in [-0.2, 0) is 14.8 Å². The number of benzene rings is 1. The quantitative estimate of drug-likeness (QED) is 0.765. The number of hydrogen-bond acceptors (Lipinski definition) is 4. The highest BCUT2D eigenvalue weighted by atomic mass is 32.2. The first-order valence-electron chi connectivity index (χ1n) is 6.43. The van der Waals surface area contributed by atoms with Crippen molar-refractivity contribution in [3.63, 3.8) is 0 Å². The van der Waals surface area contributed by atoms with E-state index in [0.29, 0.717) is 13.2 Å². The fourth-order valence-corrected chi connectivity index (χ4v) is 2.85. The maximum atomic E-state index is 12.1. The van der Waals surface area contributed by atoms with Gasteiger partial charge >= 0.3 is 0 Å². The van der Waals surface area contributed by atoms with E-state index in [1.165, 1.54) is 0 Å². The van der Waals surface area contributed by atoms with Crippen LogP contribution in [0.25, 0.3) is 0 Å². The van der Waals surface area contributed by atoms with Crippen molar-refractivity contribution in [2.75, 3.05) is 25.1 Å². The van der Waals surface area contributed by atoms with Crippen LogP contribution in [0, 0.1) is 0 Å². The van der Waals surface area contributed by atoms with E-state index in [9.17, 15) is 8.42 Å². The van der Waals surface area contributed by atoms with Gasteiger partial charge in [-0.1, -0.05) is 0 Å². The Balaban J connectivity index is 2.71. The van der Waals surface area contributed by atoms with Crippen LogP contribution in [0.4, 0.5) is 5.69 Å². The van der Waals surface area contributed by atoms with Crippen molar-refractivity contribution >= 4 is 15.7 Å². The molecule has 19 heavy (non-hydrogen) atoms. The third-order valence-electron chi connectivity index (χ3n) is 2.47. The molecule has 2 N–H and O–H groups in total. The predicted molar refractivity (Wildman–Crippen MR) is 76.9 cm³/mol. The van der Waals surface area contributed by atoms with Crippen LogP contribution < -0.4 is 10.0 Å². The summed E-state index contributed by atoms with van der Waals surface area (Å²) in [5.74, 6) is 0. The van der Waals surface area contributed by atoms with E-state index in [-0.39, 0.29) is 10.9 Å². The molecule has 1 atom stereocenters. The lowest BCUT2D eigenvalue weighted by molar-refractivity contribution is 0.133. The van der Waals surface area contributed by atoms with Gasteiger partial charge in [0, 0.05) is 24.9 Å². The maximum Gasteiger partial charge on any atom is 0.240 e. The van der Waals surface area contributed by atoms with E-state index < -0.39 is 10.0 Å². The predicted octanol–water partition coefficient (Wildman–Crippen LogP) is 1.82. The van der Waals surface area contributed by atoms with E-state index in [4.69, 9.17) is 4.74 Å². The van der Waals surface area contributed by atoms with Gasteiger partial charge in [-0.15, -0.1) is 0 Å². The summed E-state index contributed by atoms with van der Waals surface area (Å²) in [6.07, 6.45) is 0. The van der Waals surface area contributed by atoms with Gasteiger partial charge in [0.25, 0.3) is 0 Å². The van der Waals surface area contributed by atoms with E-state index >= 15 is 0 Å². The second kappa shape index (κ2) is 7.47. The van der Waals surface area contributed by atoms with Gasteiger partial charge in [0.05, 0.1) is 11.5 Å². The summed E-state index contributed by atoms with van der Waals surface area (Å²) in [6.45, 7) is 7.38. The first-order valence-corrected chi connectivity index (χ1v) is 7.92. The van der Waals surface area contributed by atoms with Crippen LogP contribution in [0.15, 0.2) is 29.2 Å². The fourth-order valence-electron chi connectivity index (χ4n) is 1.62. The van der Waals surface area contributed by atoms with Gasteiger partial charge in [-0.3, -0.25) is 0 Å². The normalized spacial score (nSPS) is 13.2. The summed E-state index contributed by atoms with van der Waals surface area (Å²) in [5.41, 5.74) is 0.906. The number of anilines is 1. The average molecular weight is 286 g/mol. The second-order valence-electron chi connectivity index (χ2n) is 4.24. The molecule has 0 amide bonds. The molecular formula is C13H22N2O3S. The maximum absolute atomic E-state index is 12.1. The van der Waals surface area contributed by atoms with Crippen LogP contribution in [0.5, 0.6) is 0 Å². The molecule has 1 aromatic carbocycles. The van der Waals surface area contributed by atoms with Gasteiger partial charge in [-0.2, -0.15) is 0 Å². The molecular weight excluding hydrogens is 264 g/mol. The number of ether oxygens (including phenoxy) is 1. The molecule has 0 saturated carbocycles. The minimum Gasteiger partial charge on any atom is -0.385 e. The molecule has 108 valence electrons. The van der Waals surface area contributed by atoms with Crippen LogP contribution in [-0.4, -0.2) is 34.2 Å². The first-order chi connectivity index (χ1) is 8.99. The van der Waals surface area contributed by atoms with E-state index in [1.807, 2.05) is 13.8 Å². The lowest BCUT2D eigenvalue weighted by atomic mass is 10.3. The Morgan fingerprint density at radius 3 is 2.37 bits per heavy atom. The molecule has 0 heterocycles. The molecule has 0 radical (unpaired) electrons. The SMILES string of the molecule is CCNc1ccc(S(=O)(=O)NC(C)COCC)cc1. The van der Waals surface area contributed by atoms with Crippen molar-refractivity contribution < 1.29 is 13.2 Å². The molecule has 1 rings (SSSR count). The lowest BCUT2D eigenvalue weighted by Gasteiger charge is -2.14. The number of sulfonamides is 1. The minimum absolute atomic E-state index is 0.251. The van der Waals surface area contributed by atoms with Crippen molar-refractivity contribution in [2.24, 2.45) is 0 Å². The van der Waals surface area contributed by atoms with Crippen molar-refractivity contribution in [1.29, 1.82) is 0 Å². The van der Waals surface area contributed by atoms with Crippen LogP contribution in [0.3, 0.4) is 0 Å². The van der Waals surface area contributed by atoms with Gasteiger partial charge in [-0.25, -0.2) is 13.1 Å². The summed E-state index contributed by atoms with van der Waals surface area (Å²) in [7, 11) is -3.48. The minimum atomic E-state index is -3.48. The Kier molecular flexibility index (Phi) is 6.27. The Morgan fingerprint density at radius 2 is 1.84 bits per heavy atom. The summed E-state index contributed by atoms with van der Waals surface area (Å²) < 4.78 is 32.0. The Morgan fingerprint density at radius 1 is 1.21 bits per heavy atom. The van der Waals surface area contributed by atoms with E-state index in [0.717, 1.165) is 12.2 Å². The van der Waals surface area contributed by atoms with Crippen molar-refractivity contribution in [3.05, 3.63) is 24.3 Å². The molecule has 0 aliphatic carbocycles. The molecule has 0 bridgehead atoms. The summed E-state index contributed by atoms with van der Waals surface area (Å²) >= 11 is 0. The van der Waals surface area contributed by atoms with Crippen LogP contribution >= 0.6 is 0 Å². The van der Waals surface area contributed by atoms with Gasteiger partial charge in [0.15, 0.2) is 0 Å². The molecule has 0 aromatic heterocycles. The summed E-state index contributed by atoms with van der Waals surface area (Å²) in [4.78, 5) is 0.262. The topological polar surface area (TPSA) is 67.4 Å². The van der Waals surface area contributed by atoms with Crippen LogP contribution in [0.1, 0.15) is 20.8 Å². The van der Waals surface area contributed by atoms with E-state index in [2.05, 4.69) is 10.0 Å². The number of hydrogen-bond donors (Lipinski definition) is 2. The molecule has 6 heteroatoms. The third kappa shape index (κ3) is 5.18. The highest BCUT2D eigenvalue weighted by Gasteiger charge is 2.17. The molecule has 1 unspecified atom stereocenters. The monoisotopic (exact) mass is 286 g/mol. The fraction of sp³-hybridized carbons (Fsp3) is 0.538. The highest BCUT2D eigenvalue weighted by molar-refractivity contribution is 7.89. The van der Waals surface area contributed by atoms with Crippen molar-refractivity contribution in [1.82, 2.24) is 4.72 Å². The van der Waals surface area contributed by atoms with Gasteiger partial charge in [0.1, 0.15) is 0 Å². The molecule has 0 aliphatic heterocycles. The average Bonchev–Trinajstić information content (AvgIpc) is 2.37. The highest BCUT2D eigenvalue weighted by Crippen LogP contribution is 2.14. The summed E-state index contributed by atoms with van der Waals surface area (Å²) in [6, 6.07) is 6.44. The van der Waals surface area contributed by atoms with Crippen molar-refractivity contribution in [3.8, 4) is 0 Å². The van der Waals surface area contributed by atoms with Gasteiger partial charge < -0.3 is 10.1 Å². The zero-order valence-corrected chi connectivity index (χ0v) is 12.5. The molecule has 0 aliphatic rings. The van der Waals surface area contributed by atoms with Crippen LogP contribution in [0.2, 0.25) is 0 Å². The zero-order chi connectivity index (χ0) is 14.3. The zero-order valence-electron chi connectivity index (χ0n) is 11.6. The molecule has 1 aromatic rings. The standard InChI is InChI=1S/C13H22N2O3S/c1-4-14-12-6-8-13(9-7-12)19(16,17)15-11(3)10-18-5-2/h6-9,11,14-15H,4-5,10H2,1-3H3. The number of nitrogens with one attached hydrogen (secondary N) is 2. The second-order valence-corrected chi connectivity index (χ2v) is 5.95. The summed E-state index contributed by atoms with van der Waals surface area (Å²) in [5, 5.41) is 3.12. The van der Waals surface area contributed by atoms with Gasteiger partial charge in [-0.05, 0) is 45.0 Å². The molecule has 5 nitrogen and oxygen atoms in total. The third-order valence-corrected chi connectivity index (χ3v) is 4.08. The van der Waals surface area contributed by atoms with E-state index in [1.54, 1.807) is 31.2 Å². The largest absolute Gasteiger partial charge is 0.385 e. The van der Waals surface area contributed by atoms with Crippen molar-refractivity contribution in [2.45, 2.75) is 31.7 Å². The lowest BCUT2D eigenvalue weighted by Crippen LogP contribution is -2.35. The molecule has 0 saturated heterocycles. The van der Waals surface area contributed by atoms with Gasteiger partial charge in [0.2, 0.25) is 10.0 Å².